The average Bonchev–Trinajstić information content (AvgIpc) is 3.25. The summed E-state index contributed by atoms with van der Waals surface area (Å²) in [7, 11) is -1.59. The van der Waals surface area contributed by atoms with E-state index >= 15 is 0 Å². The molecule has 148 valence electrons. The topological polar surface area (TPSA) is 69.7 Å². The van der Waals surface area contributed by atoms with Crippen molar-refractivity contribution in [3.8, 4) is 0 Å². The molecule has 0 aromatic heterocycles. The predicted octanol–water partition coefficient (Wildman–Crippen LogP) is 1.85. The van der Waals surface area contributed by atoms with Crippen LogP contribution in [0.25, 0.3) is 0 Å². The molecule has 2 bridgehead atoms. The van der Waals surface area contributed by atoms with Crippen molar-refractivity contribution < 1.29 is 13.2 Å². The Kier molecular flexibility index (Phi) is 5.03. The van der Waals surface area contributed by atoms with Gasteiger partial charge in [0.15, 0.2) is 0 Å². The molecule has 3 atom stereocenters. The molecule has 0 radical (unpaired) electrons. The third-order valence-corrected chi connectivity index (χ3v) is 8.63. The zero-order valence-corrected chi connectivity index (χ0v) is 17.0. The van der Waals surface area contributed by atoms with Crippen molar-refractivity contribution in [1.29, 1.82) is 0 Å². The number of hydrogen-bond donors (Lipinski definition) is 1. The van der Waals surface area contributed by atoms with E-state index in [-0.39, 0.29) is 16.8 Å². The number of carbonyl (C=O) groups excluding carboxylic acids is 1. The van der Waals surface area contributed by atoms with E-state index in [4.69, 9.17) is 0 Å². The molecule has 4 rings (SSSR count). The van der Waals surface area contributed by atoms with Crippen LogP contribution >= 0.6 is 0 Å². The fourth-order valence-electron chi connectivity index (χ4n) is 4.86. The molecular weight excluding hydrogens is 362 g/mol. The molecule has 3 aliphatic rings. The molecule has 3 fully saturated rings. The molecule has 2 aliphatic carbocycles. The van der Waals surface area contributed by atoms with Crippen LogP contribution in [0.2, 0.25) is 0 Å². The van der Waals surface area contributed by atoms with Gasteiger partial charge in [-0.3, -0.25) is 4.79 Å². The standard InChI is InChI=1S/C20H29N3O3S/c1-14-3-5-17(20(24)21-18-12-15-4-6-16(18)11-15)13-19(14)27(25,26)23-9-7-22(2)8-10-23/h3,5,13,15-16,18H,4,6-12H2,1-2H3,(H,21,24)/t15-,16+,18+/m0/s1. The highest BCUT2D eigenvalue weighted by molar-refractivity contribution is 7.89. The fourth-order valence-corrected chi connectivity index (χ4v) is 6.53. The molecule has 0 unspecified atom stereocenters. The van der Waals surface area contributed by atoms with E-state index in [0.29, 0.717) is 30.1 Å². The molecule has 1 aromatic rings. The molecule has 1 N–H and O–H groups in total. The first-order valence-electron chi connectivity index (χ1n) is 9.95. The summed E-state index contributed by atoms with van der Waals surface area (Å²) in [6.07, 6.45) is 4.78. The predicted molar refractivity (Wildman–Crippen MR) is 104 cm³/mol. The van der Waals surface area contributed by atoms with Gasteiger partial charge in [-0.15, -0.1) is 0 Å². The van der Waals surface area contributed by atoms with Crippen molar-refractivity contribution in [2.45, 2.75) is 43.5 Å². The summed E-state index contributed by atoms with van der Waals surface area (Å²) in [5.74, 6) is 1.20. The summed E-state index contributed by atoms with van der Waals surface area (Å²) in [5.41, 5.74) is 1.13. The molecule has 6 nitrogen and oxygen atoms in total. The summed E-state index contributed by atoms with van der Waals surface area (Å²) < 4.78 is 27.8. The Morgan fingerprint density at radius 2 is 1.85 bits per heavy atom. The van der Waals surface area contributed by atoms with Gasteiger partial charge in [0.2, 0.25) is 10.0 Å². The lowest BCUT2D eigenvalue weighted by atomic mass is 9.95. The van der Waals surface area contributed by atoms with Gasteiger partial charge in [-0.2, -0.15) is 4.31 Å². The van der Waals surface area contributed by atoms with Gasteiger partial charge >= 0.3 is 0 Å². The highest BCUT2D eigenvalue weighted by Crippen LogP contribution is 2.44. The van der Waals surface area contributed by atoms with Crippen LogP contribution in [0.3, 0.4) is 0 Å². The second kappa shape index (κ2) is 7.18. The van der Waals surface area contributed by atoms with Crippen molar-refractivity contribution >= 4 is 15.9 Å². The van der Waals surface area contributed by atoms with Crippen molar-refractivity contribution in [1.82, 2.24) is 14.5 Å². The van der Waals surface area contributed by atoms with Crippen LogP contribution in [0.1, 0.15) is 41.6 Å². The molecule has 1 aliphatic heterocycles. The Morgan fingerprint density at radius 1 is 1.11 bits per heavy atom. The second-order valence-corrected chi connectivity index (χ2v) is 10.3. The summed E-state index contributed by atoms with van der Waals surface area (Å²) in [5, 5.41) is 3.16. The average molecular weight is 392 g/mol. The van der Waals surface area contributed by atoms with E-state index in [1.807, 2.05) is 7.05 Å². The summed E-state index contributed by atoms with van der Waals surface area (Å²) >= 11 is 0. The lowest BCUT2D eigenvalue weighted by Crippen LogP contribution is -2.47. The zero-order valence-electron chi connectivity index (χ0n) is 16.1. The van der Waals surface area contributed by atoms with E-state index in [2.05, 4.69) is 10.2 Å². The summed E-state index contributed by atoms with van der Waals surface area (Å²) in [6.45, 7) is 4.21. The Balaban J connectivity index is 1.53. The number of hydrogen-bond acceptors (Lipinski definition) is 4. The molecular formula is C20H29N3O3S. The minimum absolute atomic E-state index is 0.151. The smallest absolute Gasteiger partial charge is 0.251 e. The van der Waals surface area contributed by atoms with Crippen LogP contribution in [0, 0.1) is 18.8 Å². The van der Waals surface area contributed by atoms with Crippen molar-refractivity contribution in [3.63, 3.8) is 0 Å². The van der Waals surface area contributed by atoms with Gasteiger partial charge in [-0.05, 0) is 62.8 Å². The Hall–Kier alpha value is -1.44. The number of rotatable bonds is 4. The van der Waals surface area contributed by atoms with Gasteiger partial charge in [0.1, 0.15) is 0 Å². The number of carbonyl (C=O) groups is 1. The minimum atomic E-state index is -3.58. The number of piperazine rings is 1. The fraction of sp³-hybridized carbons (Fsp3) is 0.650. The van der Waals surface area contributed by atoms with E-state index < -0.39 is 10.0 Å². The lowest BCUT2D eigenvalue weighted by molar-refractivity contribution is 0.0922. The second-order valence-electron chi connectivity index (χ2n) is 8.44. The number of benzene rings is 1. The van der Waals surface area contributed by atoms with Crippen LogP contribution in [0.5, 0.6) is 0 Å². The third-order valence-electron chi connectivity index (χ3n) is 6.58. The molecule has 1 heterocycles. The normalized spacial score (nSPS) is 29.2. The lowest BCUT2D eigenvalue weighted by Gasteiger charge is -2.32. The monoisotopic (exact) mass is 391 g/mol. The summed E-state index contributed by atoms with van der Waals surface area (Å²) in [4.78, 5) is 15.1. The van der Waals surface area contributed by atoms with E-state index in [1.165, 1.54) is 23.6 Å². The first-order valence-corrected chi connectivity index (χ1v) is 11.4. The van der Waals surface area contributed by atoms with Gasteiger partial charge in [-0.1, -0.05) is 12.5 Å². The van der Waals surface area contributed by atoms with Gasteiger partial charge < -0.3 is 10.2 Å². The number of likely N-dealkylation sites (N-methyl/N-ethyl adjacent to an activating group) is 1. The van der Waals surface area contributed by atoms with Gasteiger partial charge in [0, 0.05) is 37.8 Å². The van der Waals surface area contributed by atoms with Crippen LogP contribution in [0.4, 0.5) is 0 Å². The third kappa shape index (κ3) is 3.65. The van der Waals surface area contributed by atoms with Crippen LogP contribution < -0.4 is 5.32 Å². The van der Waals surface area contributed by atoms with E-state index in [9.17, 15) is 13.2 Å². The number of fused-ring (bicyclic) bond motifs is 2. The maximum Gasteiger partial charge on any atom is 0.251 e. The van der Waals surface area contributed by atoms with Gasteiger partial charge in [0.25, 0.3) is 5.91 Å². The minimum Gasteiger partial charge on any atom is -0.349 e. The van der Waals surface area contributed by atoms with Crippen LogP contribution in [0.15, 0.2) is 23.1 Å². The molecule has 1 saturated heterocycles. The largest absolute Gasteiger partial charge is 0.349 e. The molecule has 1 aromatic carbocycles. The highest BCUT2D eigenvalue weighted by Gasteiger charge is 2.40. The summed E-state index contributed by atoms with van der Waals surface area (Å²) in [6, 6.07) is 5.29. The Labute approximate surface area is 162 Å². The number of nitrogens with zero attached hydrogens (tertiary/aromatic N) is 2. The zero-order chi connectivity index (χ0) is 19.2. The number of sulfonamides is 1. The number of amides is 1. The van der Waals surface area contributed by atoms with E-state index in [0.717, 1.165) is 25.4 Å². The Bertz CT molecular complexity index is 831. The van der Waals surface area contributed by atoms with Crippen molar-refractivity contribution in [3.05, 3.63) is 29.3 Å². The van der Waals surface area contributed by atoms with Gasteiger partial charge in [-0.25, -0.2) is 8.42 Å². The molecule has 2 saturated carbocycles. The quantitative estimate of drug-likeness (QED) is 0.850. The van der Waals surface area contributed by atoms with Crippen molar-refractivity contribution in [2.24, 2.45) is 11.8 Å². The van der Waals surface area contributed by atoms with E-state index in [1.54, 1.807) is 25.1 Å². The maximum atomic E-state index is 13.1. The van der Waals surface area contributed by atoms with Crippen LogP contribution in [-0.2, 0) is 10.0 Å². The number of aryl methyl sites for hydroxylation is 1. The molecule has 0 spiro atoms. The van der Waals surface area contributed by atoms with Crippen LogP contribution in [-0.4, -0.2) is 62.8 Å². The highest BCUT2D eigenvalue weighted by atomic mass is 32.2. The first-order chi connectivity index (χ1) is 12.8. The number of nitrogens with one attached hydrogen (secondary N) is 1. The molecule has 1 amide bonds. The van der Waals surface area contributed by atoms with Gasteiger partial charge in [0.05, 0.1) is 4.90 Å². The van der Waals surface area contributed by atoms with Crippen molar-refractivity contribution in [2.75, 3.05) is 33.2 Å². The Morgan fingerprint density at radius 3 is 2.48 bits per heavy atom. The molecule has 27 heavy (non-hydrogen) atoms. The SMILES string of the molecule is Cc1ccc(C(=O)N[C@@H]2C[C@H]3CC[C@@H]2C3)cc1S(=O)(=O)N1CCN(C)CC1. The first kappa shape index (κ1) is 18.9. The molecule has 7 heteroatoms. The maximum absolute atomic E-state index is 13.1.